The number of halogens is 1. The summed E-state index contributed by atoms with van der Waals surface area (Å²) in [4.78, 5) is 28.8. The van der Waals surface area contributed by atoms with Crippen LogP contribution in [0.4, 0.5) is 5.69 Å². The second-order valence-electron chi connectivity index (χ2n) is 7.60. The summed E-state index contributed by atoms with van der Waals surface area (Å²) in [5, 5.41) is 6.48. The van der Waals surface area contributed by atoms with Crippen LogP contribution in [0.5, 0.6) is 0 Å². The molecule has 31 heavy (non-hydrogen) atoms. The van der Waals surface area contributed by atoms with E-state index in [9.17, 15) is 9.59 Å². The van der Waals surface area contributed by atoms with Gasteiger partial charge in [-0.05, 0) is 75.0 Å². The molecule has 3 rings (SSSR count). The lowest BCUT2D eigenvalue weighted by molar-refractivity contribution is -0.112. The maximum Gasteiger partial charge on any atom is 0.262 e. The summed E-state index contributed by atoms with van der Waals surface area (Å²) in [5.74, 6) is -0.316. The Balaban J connectivity index is 1.58. The van der Waals surface area contributed by atoms with Crippen molar-refractivity contribution in [1.29, 1.82) is 0 Å². The first-order valence-corrected chi connectivity index (χ1v) is 11.7. The number of carbonyl (C=O) groups is 2. The number of hydrogen-bond donors (Lipinski definition) is 2. The average Bonchev–Trinajstić information content (AvgIpc) is 2.75. The van der Waals surface area contributed by atoms with Crippen LogP contribution in [0.3, 0.4) is 0 Å². The Morgan fingerprint density at radius 1 is 1.19 bits per heavy atom. The largest absolute Gasteiger partial charge is 0.352 e. The van der Waals surface area contributed by atoms with Crippen LogP contribution in [0.1, 0.15) is 42.1 Å². The molecular weight excluding hydrogens is 430 g/mol. The molecule has 0 spiro atoms. The molecule has 164 valence electrons. The highest BCUT2D eigenvalue weighted by Gasteiger charge is 2.22. The van der Waals surface area contributed by atoms with Crippen molar-refractivity contribution in [2.45, 2.75) is 31.1 Å². The molecule has 0 unspecified atom stereocenters. The molecule has 0 atom stereocenters. The van der Waals surface area contributed by atoms with Gasteiger partial charge in [0.05, 0.1) is 10.6 Å². The van der Waals surface area contributed by atoms with Crippen LogP contribution < -0.4 is 10.6 Å². The fourth-order valence-corrected chi connectivity index (χ4v) is 4.37. The molecule has 2 aromatic rings. The Bertz CT molecular complexity index is 977. The highest BCUT2D eigenvalue weighted by Crippen LogP contribution is 2.39. The number of amides is 2. The Labute approximate surface area is 193 Å². The first kappa shape index (κ1) is 23.4. The average molecular weight is 458 g/mol. The van der Waals surface area contributed by atoms with Crippen molar-refractivity contribution < 1.29 is 9.59 Å². The van der Waals surface area contributed by atoms with Gasteiger partial charge in [0.15, 0.2) is 0 Å². The molecular formula is C24H28ClN3O2S. The van der Waals surface area contributed by atoms with Gasteiger partial charge in [-0.2, -0.15) is 0 Å². The summed E-state index contributed by atoms with van der Waals surface area (Å²) < 4.78 is 0. The summed E-state index contributed by atoms with van der Waals surface area (Å²) in [6, 6.07) is 12.8. The van der Waals surface area contributed by atoms with E-state index < -0.39 is 0 Å². The lowest BCUT2D eigenvalue weighted by atomic mass is 10.1. The zero-order chi connectivity index (χ0) is 22.2. The number of fused-ring (bicyclic) bond motifs is 1. The van der Waals surface area contributed by atoms with Gasteiger partial charge in [-0.3, -0.25) is 9.59 Å². The van der Waals surface area contributed by atoms with Gasteiger partial charge in [0.25, 0.3) is 11.8 Å². The summed E-state index contributed by atoms with van der Waals surface area (Å²) in [5.41, 5.74) is 2.07. The minimum Gasteiger partial charge on any atom is -0.352 e. The number of rotatable bonds is 9. The van der Waals surface area contributed by atoms with Gasteiger partial charge in [0.2, 0.25) is 0 Å². The number of carbonyl (C=O) groups excluding carboxylic acids is 2. The molecule has 1 heterocycles. The normalized spacial score (nSPS) is 14.5. The van der Waals surface area contributed by atoms with Crippen molar-refractivity contribution in [2.24, 2.45) is 0 Å². The number of nitrogens with one attached hydrogen (secondary N) is 2. The fraction of sp³-hybridized carbons (Fsp3) is 0.333. The maximum atomic E-state index is 12.5. The Morgan fingerprint density at radius 3 is 2.77 bits per heavy atom. The molecule has 0 aromatic heterocycles. The molecule has 1 aliphatic heterocycles. The molecule has 0 radical (unpaired) electrons. The van der Waals surface area contributed by atoms with Crippen molar-refractivity contribution in [3.63, 3.8) is 0 Å². The van der Waals surface area contributed by atoms with Crippen LogP contribution in [0, 0.1) is 0 Å². The van der Waals surface area contributed by atoms with E-state index in [0.717, 1.165) is 30.0 Å². The highest BCUT2D eigenvalue weighted by molar-refractivity contribution is 8.04. The van der Waals surface area contributed by atoms with E-state index in [-0.39, 0.29) is 11.8 Å². The van der Waals surface area contributed by atoms with E-state index in [1.54, 1.807) is 18.2 Å². The van der Waals surface area contributed by atoms with Gasteiger partial charge in [-0.1, -0.05) is 48.8 Å². The van der Waals surface area contributed by atoms with Gasteiger partial charge < -0.3 is 15.5 Å². The lowest BCUT2D eigenvalue weighted by Gasteiger charge is -2.19. The predicted molar refractivity (Wildman–Crippen MR) is 130 cm³/mol. The number of benzene rings is 2. The zero-order valence-corrected chi connectivity index (χ0v) is 19.5. The van der Waals surface area contributed by atoms with Gasteiger partial charge >= 0.3 is 0 Å². The van der Waals surface area contributed by atoms with E-state index in [4.69, 9.17) is 11.6 Å². The standard InChI is InChI=1S/C24H28ClN3O2S/c1-3-4-12-28(2)13-6-11-26-23(29)18-9-10-21-20(16-18)27-24(30)22(31-21)15-17-7-5-8-19(25)14-17/h5,7-10,14-16H,3-4,6,11-13H2,1-2H3,(H,26,29)(H,27,30). The summed E-state index contributed by atoms with van der Waals surface area (Å²) in [6.07, 6.45) is 5.10. The van der Waals surface area contributed by atoms with E-state index in [2.05, 4.69) is 29.5 Å². The number of unbranched alkanes of at least 4 members (excludes halogenated alkanes) is 1. The third kappa shape index (κ3) is 6.86. The molecule has 0 bridgehead atoms. The van der Waals surface area contributed by atoms with Gasteiger partial charge in [0, 0.05) is 22.0 Å². The zero-order valence-electron chi connectivity index (χ0n) is 17.9. The van der Waals surface area contributed by atoms with Crippen LogP contribution >= 0.6 is 23.4 Å². The quantitative estimate of drug-likeness (QED) is 0.397. The maximum absolute atomic E-state index is 12.5. The Hall–Kier alpha value is -2.28. The number of anilines is 1. The van der Waals surface area contributed by atoms with Crippen LogP contribution in [0.25, 0.3) is 6.08 Å². The van der Waals surface area contributed by atoms with Gasteiger partial charge in [-0.15, -0.1) is 0 Å². The molecule has 0 saturated heterocycles. The second-order valence-corrected chi connectivity index (χ2v) is 9.12. The molecule has 2 amide bonds. The summed E-state index contributed by atoms with van der Waals surface area (Å²) >= 11 is 7.42. The molecule has 2 aromatic carbocycles. The third-order valence-electron chi connectivity index (χ3n) is 4.98. The lowest BCUT2D eigenvalue weighted by Crippen LogP contribution is -2.29. The van der Waals surface area contributed by atoms with E-state index in [0.29, 0.717) is 27.7 Å². The van der Waals surface area contributed by atoms with E-state index in [1.807, 2.05) is 30.3 Å². The monoisotopic (exact) mass is 457 g/mol. The minimum atomic E-state index is -0.190. The molecule has 2 N–H and O–H groups in total. The molecule has 5 nitrogen and oxygen atoms in total. The van der Waals surface area contributed by atoms with Crippen LogP contribution in [0.15, 0.2) is 52.3 Å². The van der Waals surface area contributed by atoms with Crippen molar-refractivity contribution >= 4 is 46.9 Å². The van der Waals surface area contributed by atoms with Crippen molar-refractivity contribution in [1.82, 2.24) is 10.2 Å². The van der Waals surface area contributed by atoms with Crippen LogP contribution in [-0.2, 0) is 4.79 Å². The smallest absolute Gasteiger partial charge is 0.262 e. The molecule has 1 aliphatic rings. The predicted octanol–water partition coefficient (Wildman–Crippen LogP) is 5.28. The third-order valence-corrected chi connectivity index (χ3v) is 6.31. The van der Waals surface area contributed by atoms with Crippen LogP contribution in [-0.4, -0.2) is 43.4 Å². The van der Waals surface area contributed by atoms with Crippen molar-refractivity contribution in [2.75, 3.05) is 32.0 Å². The first-order chi connectivity index (χ1) is 15.0. The van der Waals surface area contributed by atoms with Gasteiger partial charge in [-0.25, -0.2) is 0 Å². The Kier molecular flexibility index (Phi) is 8.58. The highest BCUT2D eigenvalue weighted by atomic mass is 35.5. The minimum absolute atomic E-state index is 0.126. The van der Waals surface area contributed by atoms with E-state index in [1.165, 1.54) is 24.6 Å². The molecule has 7 heteroatoms. The summed E-state index contributed by atoms with van der Waals surface area (Å²) in [7, 11) is 2.11. The Morgan fingerprint density at radius 2 is 2.00 bits per heavy atom. The van der Waals surface area contributed by atoms with Crippen molar-refractivity contribution in [3.05, 3.63) is 63.5 Å². The number of hydrogen-bond acceptors (Lipinski definition) is 4. The summed E-state index contributed by atoms with van der Waals surface area (Å²) in [6.45, 7) is 4.85. The van der Waals surface area contributed by atoms with E-state index >= 15 is 0 Å². The molecule has 0 fully saturated rings. The van der Waals surface area contributed by atoms with Gasteiger partial charge in [0.1, 0.15) is 0 Å². The fourth-order valence-electron chi connectivity index (χ4n) is 3.24. The SMILES string of the molecule is CCCCN(C)CCCNC(=O)c1ccc2c(c1)NC(=O)C(=Cc1cccc(Cl)c1)S2. The van der Waals surface area contributed by atoms with Crippen molar-refractivity contribution in [3.8, 4) is 0 Å². The number of nitrogens with zero attached hydrogens (tertiary/aromatic N) is 1. The number of thioether (sulfide) groups is 1. The topological polar surface area (TPSA) is 61.4 Å². The van der Waals surface area contributed by atoms with Crippen LogP contribution in [0.2, 0.25) is 5.02 Å². The molecule has 0 aliphatic carbocycles. The molecule has 0 saturated carbocycles. The first-order valence-electron chi connectivity index (χ1n) is 10.5. The second kappa shape index (κ2) is 11.4.